The molecule has 1 heterocycles. The molecule has 0 radical (unpaired) electrons. The Bertz CT molecular complexity index is 605. The zero-order valence-electron chi connectivity index (χ0n) is 12.2. The largest absolute Gasteiger partial charge is 0.493 e. The summed E-state index contributed by atoms with van der Waals surface area (Å²) in [5, 5.41) is 0.0943. The van der Waals surface area contributed by atoms with Crippen LogP contribution in [0, 0.1) is 0 Å². The van der Waals surface area contributed by atoms with Crippen molar-refractivity contribution in [3.05, 3.63) is 29.5 Å². The summed E-state index contributed by atoms with van der Waals surface area (Å²) in [7, 11) is 1.57. The molecule has 2 rings (SSSR count). The second kappa shape index (κ2) is 7.08. The molecule has 0 saturated carbocycles. The number of rotatable bonds is 6. The zero-order chi connectivity index (χ0) is 15.2. The third kappa shape index (κ3) is 3.72. The zero-order valence-corrected chi connectivity index (χ0v) is 13.0. The van der Waals surface area contributed by atoms with Crippen LogP contribution in [-0.2, 0) is 0 Å². The average Bonchev–Trinajstić information content (AvgIpc) is 2.48. The van der Waals surface area contributed by atoms with Crippen molar-refractivity contribution in [3.63, 3.8) is 0 Å². The second-order valence-corrected chi connectivity index (χ2v) is 4.45. The van der Waals surface area contributed by atoms with Gasteiger partial charge < -0.3 is 14.4 Å². The van der Waals surface area contributed by atoms with Crippen molar-refractivity contribution in [3.8, 4) is 17.5 Å². The van der Waals surface area contributed by atoms with Gasteiger partial charge in [-0.05, 0) is 37.6 Å². The van der Waals surface area contributed by atoms with Crippen LogP contribution in [0.5, 0.6) is 17.5 Å². The minimum Gasteiger partial charge on any atom is -0.493 e. The molecular formula is C14H17ClN4O2. The normalized spacial score (nSPS) is 10.3. The van der Waals surface area contributed by atoms with Crippen molar-refractivity contribution >= 4 is 17.5 Å². The quantitative estimate of drug-likeness (QED) is 0.817. The van der Waals surface area contributed by atoms with Gasteiger partial charge in [0.2, 0.25) is 11.2 Å². The molecule has 0 amide bonds. The first kappa shape index (κ1) is 15.3. The molecule has 112 valence electrons. The molecule has 6 nitrogen and oxygen atoms in total. The van der Waals surface area contributed by atoms with E-state index >= 15 is 0 Å². The van der Waals surface area contributed by atoms with Crippen LogP contribution in [0.25, 0.3) is 0 Å². The highest BCUT2D eigenvalue weighted by Crippen LogP contribution is 2.30. The Kier molecular flexibility index (Phi) is 5.16. The van der Waals surface area contributed by atoms with Crippen molar-refractivity contribution in [2.45, 2.75) is 13.8 Å². The summed E-state index contributed by atoms with van der Waals surface area (Å²) in [5.41, 5.74) is 0. The topological polar surface area (TPSA) is 60.4 Å². The van der Waals surface area contributed by atoms with Gasteiger partial charge in [-0.3, -0.25) is 0 Å². The van der Waals surface area contributed by atoms with Crippen LogP contribution in [-0.4, -0.2) is 35.2 Å². The fraction of sp³-hybridized carbons (Fsp3) is 0.357. The van der Waals surface area contributed by atoms with Crippen molar-refractivity contribution in [2.75, 3.05) is 25.1 Å². The van der Waals surface area contributed by atoms with Crippen molar-refractivity contribution < 1.29 is 9.47 Å². The molecule has 0 bridgehead atoms. The molecule has 0 saturated heterocycles. The van der Waals surface area contributed by atoms with Gasteiger partial charge in [0.05, 0.1) is 7.11 Å². The van der Waals surface area contributed by atoms with Crippen molar-refractivity contribution in [2.24, 2.45) is 0 Å². The first-order chi connectivity index (χ1) is 10.2. The first-order valence-corrected chi connectivity index (χ1v) is 7.03. The molecule has 1 aromatic heterocycles. The summed E-state index contributed by atoms with van der Waals surface area (Å²) in [6.07, 6.45) is 0. The predicted molar refractivity (Wildman–Crippen MR) is 81.5 cm³/mol. The lowest BCUT2D eigenvalue weighted by Gasteiger charge is -2.18. The van der Waals surface area contributed by atoms with Gasteiger partial charge in [-0.25, -0.2) is 0 Å². The van der Waals surface area contributed by atoms with E-state index in [1.54, 1.807) is 19.2 Å². The highest BCUT2D eigenvalue weighted by Gasteiger charge is 2.13. The summed E-state index contributed by atoms with van der Waals surface area (Å²) in [6, 6.07) is 7.40. The van der Waals surface area contributed by atoms with Crippen LogP contribution >= 0.6 is 11.6 Å². The third-order valence-corrected chi connectivity index (χ3v) is 3.06. The monoisotopic (exact) mass is 308 g/mol. The molecule has 0 aliphatic carbocycles. The van der Waals surface area contributed by atoms with E-state index in [0.717, 1.165) is 13.1 Å². The first-order valence-electron chi connectivity index (χ1n) is 6.65. The van der Waals surface area contributed by atoms with Gasteiger partial charge >= 0.3 is 6.01 Å². The minimum atomic E-state index is 0.0943. The van der Waals surface area contributed by atoms with Gasteiger partial charge in [-0.15, -0.1) is 0 Å². The number of ether oxygens (including phenoxy) is 2. The maximum Gasteiger partial charge on any atom is 0.328 e. The minimum absolute atomic E-state index is 0.0943. The standard InChI is InChI=1S/C14H17ClN4O2/c1-4-19(5-2)13-16-12(15)17-14(18-13)21-11-9-7-6-8-10(11)20-3/h6-9H,4-5H2,1-3H3. The van der Waals surface area contributed by atoms with Crippen LogP contribution in [0.1, 0.15) is 13.8 Å². The van der Waals surface area contributed by atoms with E-state index in [0.29, 0.717) is 17.4 Å². The molecule has 21 heavy (non-hydrogen) atoms. The fourth-order valence-corrected chi connectivity index (χ4v) is 1.96. The SMILES string of the molecule is CCN(CC)c1nc(Cl)nc(Oc2ccccc2OC)n1. The number of para-hydroxylation sites is 2. The lowest BCUT2D eigenvalue weighted by Crippen LogP contribution is -2.24. The molecule has 1 aromatic carbocycles. The molecule has 0 atom stereocenters. The maximum atomic E-state index is 5.95. The molecule has 0 spiro atoms. The molecule has 0 fully saturated rings. The van der Waals surface area contributed by atoms with Crippen LogP contribution < -0.4 is 14.4 Å². The van der Waals surface area contributed by atoms with Gasteiger partial charge in [0.25, 0.3) is 0 Å². The lowest BCUT2D eigenvalue weighted by molar-refractivity contribution is 0.367. The molecule has 0 aliphatic rings. The van der Waals surface area contributed by atoms with Crippen LogP contribution in [0.3, 0.4) is 0 Å². The number of benzene rings is 1. The summed E-state index contributed by atoms with van der Waals surface area (Å²) in [4.78, 5) is 14.4. The molecule has 0 N–H and O–H groups in total. The fourth-order valence-electron chi connectivity index (χ4n) is 1.82. The number of hydrogen-bond acceptors (Lipinski definition) is 6. The smallest absolute Gasteiger partial charge is 0.328 e. The Morgan fingerprint density at radius 1 is 1.05 bits per heavy atom. The molecule has 2 aromatic rings. The number of anilines is 1. The van der Waals surface area contributed by atoms with Gasteiger partial charge in [0.1, 0.15) is 0 Å². The molecule has 7 heteroatoms. The van der Waals surface area contributed by atoms with E-state index in [2.05, 4.69) is 15.0 Å². The summed E-state index contributed by atoms with van der Waals surface area (Å²) < 4.78 is 10.9. The summed E-state index contributed by atoms with van der Waals surface area (Å²) in [5.74, 6) is 1.61. The van der Waals surface area contributed by atoms with Crippen LogP contribution in [0.4, 0.5) is 5.95 Å². The lowest BCUT2D eigenvalue weighted by atomic mass is 10.3. The number of aromatic nitrogens is 3. The van der Waals surface area contributed by atoms with Crippen molar-refractivity contribution in [1.29, 1.82) is 0 Å². The maximum absolute atomic E-state index is 5.95. The van der Waals surface area contributed by atoms with E-state index < -0.39 is 0 Å². The Morgan fingerprint density at radius 2 is 1.71 bits per heavy atom. The third-order valence-electron chi connectivity index (χ3n) is 2.89. The van der Waals surface area contributed by atoms with E-state index in [-0.39, 0.29) is 11.3 Å². The van der Waals surface area contributed by atoms with Gasteiger partial charge in [0, 0.05) is 13.1 Å². The summed E-state index contributed by atoms with van der Waals surface area (Å²) in [6.45, 7) is 5.57. The molecule has 0 aliphatic heterocycles. The number of hydrogen-bond donors (Lipinski definition) is 0. The van der Waals surface area contributed by atoms with Crippen LogP contribution in [0.2, 0.25) is 5.28 Å². The van der Waals surface area contributed by atoms with Gasteiger partial charge in [-0.2, -0.15) is 15.0 Å². The van der Waals surface area contributed by atoms with Crippen LogP contribution in [0.15, 0.2) is 24.3 Å². The Hall–Kier alpha value is -2.08. The van der Waals surface area contributed by atoms with E-state index in [9.17, 15) is 0 Å². The Balaban J connectivity index is 2.32. The van der Waals surface area contributed by atoms with Crippen molar-refractivity contribution in [1.82, 2.24) is 15.0 Å². The number of halogens is 1. The molecule has 0 unspecified atom stereocenters. The highest BCUT2D eigenvalue weighted by molar-refractivity contribution is 6.28. The molecular weight excluding hydrogens is 292 g/mol. The Labute approximate surface area is 128 Å². The number of methoxy groups -OCH3 is 1. The number of nitrogens with zero attached hydrogens (tertiary/aromatic N) is 4. The van der Waals surface area contributed by atoms with E-state index in [4.69, 9.17) is 21.1 Å². The van der Waals surface area contributed by atoms with Gasteiger partial charge in [0.15, 0.2) is 11.5 Å². The van der Waals surface area contributed by atoms with Gasteiger partial charge in [-0.1, -0.05) is 12.1 Å². The highest BCUT2D eigenvalue weighted by atomic mass is 35.5. The second-order valence-electron chi connectivity index (χ2n) is 4.11. The Morgan fingerprint density at radius 3 is 2.33 bits per heavy atom. The van der Waals surface area contributed by atoms with E-state index in [1.165, 1.54) is 0 Å². The average molecular weight is 309 g/mol. The summed E-state index contributed by atoms with van der Waals surface area (Å²) >= 11 is 5.95. The predicted octanol–water partition coefficient (Wildman–Crippen LogP) is 3.17. The van der Waals surface area contributed by atoms with E-state index in [1.807, 2.05) is 30.9 Å².